The van der Waals surface area contributed by atoms with Gasteiger partial charge in [-0.05, 0) is 47.1 Å². The first-order valence-electron chi connectivity index (χ1n) is 6.66. The van der Waals surface area contributed by atoms with Crippen LogP contribution >= 0.6 is 34.2 Å². The zero-order valence-electron chi connectivity index (χ0n) is 12.0. The second-order valence-corrected chi connectivity index (χ2v) is 6.43. The average Bonchev–Trinajstić information content (AvgIpc) is 2.69. The summed E-state index contributed by atoms with van der Waals surface area (Å²) in [5.74, 6) is 0. The summed E-state index contributed by atoms with van der Waals surface area (Å²) >= 11 is 8.75. The van der Waals surface area contributed by atoms with E-state index in [1.807, 2.05) is 11.7 Å². The fraction of sp³-hybridized carbons (Fsp3) is 0.400. The van der Waals surface area contributed by atoms with Crippen LogP contribution in [0.1, 0.15) is 35.5 Å². The van der Waals surface area contributed by atoms with Crippen LogP contribution in [0.15, 0.2) is 18.2 Å². The Morgan fingerprint density at radius 1 is 1.45 bits per heavy atom. The van der Waals surface area contributed by atoms with Crippen LogP contribution in [-0.4, -0.2) is 9.78 Å². The molecule has 1 atom stereocenters. The monoisotopic (exact) mass is 403 g/mol. The first-order valence-corrected chi connectivity index (χ1v) is 8.12. The van der Waals surface area contributed by atoms with Gasteiger partial charge in [0, 0.05) is 23.1 Å². The number of aromatic nitrogens is 2. The van der Waals surface area contributed by atoms with Crippen molar-refractivity contribution in [2.75, 3.05) is 0 Å². The molecule has 0 spiro atoms. The molecular formula is C15H19ClIN3. The molecule has 0 bridgehead atoms. The molecule has 0 fully saturated rings. The summed E-state index contributed by atoms with van der Waals surface area (Å²) in [5, 5.41) is 5.20. The Bertz CT molecular complexity index is 622. The number of hydrogen-bond donors (Lipinski definition) is 1. The first kappa shape index (κ1) is 15.8. The molecule has 2 N–H and O–H groups in total. The minimum Gasteiger partial charge on any atom is -0.324 e. The largest absolute Gasteiger partial charge is 0.324 e. The Kier molecular flexibility index (Phi) is 5.09. The summed E-state index contributed by atoms with van der Waals surface area (Å²) in [4.78, 5) is 0. The van der Waals surface area contributed by atoms with Crippen molar-refractivity contribution in [3.63, 3.8) is 0 Å². The average molecular weight is 404 g/mol. The van der Waals surface area contributed by atoms with Gasteiger partial charge in [0.2, 0.25) is 0 Å². The van der Waals surface area contributed by atoms with Crippen molar-refractivity contribution in [2.45, 2.75) is 32.7 Å². The summed E-state index contributed by atoms with van der Waals surface area (Å²) < 4.78 is 3.08. The topological polar surface area (TPSA) is 43.8 Å². The third-order valence-corrected chi connectivity index (χ3v) is 5.45. The van der Waals surface area contributed by atoms with E-state index in [1.54, 1.807) is 0 Å². The molecule has 5 heteroatoms. The molecular weight excluding hydrogens is 385 g/mol. The Balaban J connectivity index is 2.30. The van der Waals surface area contributed by atoms with E-state index in [1.165, 1.54) is 14.7 Å². The SMILES string of the molecule is CCc1nn(C)c(CC(N)c2cccc(C)c2I)c1Cl. The van der Waals surface area contributed by atoms with Crippen molar-refractivity contribution < 1.29 is 0 Å². The maximum absolute atomic E-state index is 6.39. The van der Waals surface area contributed by atoms with Gasteiger partial charge >= 0.3 is 0 Å². The van der Waals surface area contributed by atoms with E-state index < -0.39 is 0 Å². The lowest BCUT2D eigenvalue weighted by atomic mass is 10.0. The van der Waals surface area contributed by atoms with Crippen LogP contribution in [0.3, 0.4) is 0 Å². The number of nitrogens with zero attached hydrogens (tertiary/aromatic N) is 2. The Hall–Kier alpha value is -0.590. The summed E-state index contributed by atoms with van der Waals surface area (Å²) in [6.07, 6.45) is 1.53. The lowest BCUT2D eigenvalue weighted by Crippen LogP contribution is -2.17. The first-order chi connectivity index (χ1) is 9.45. The highest BCUT2D eigenvalue weighted by molar-refractivity contribution is 14.1. The lowest BCUT2D eigenvalue weighted by Gasteiger charge is -2.15. The predicted octanol–water partition coefficient (Wildman–Crippen LogP) is 3.79. The van der Waals surface area contributed by atoms with E-state index in [9.17, 15) is 0 Å². The molecule has 20 heavy (non-hydrogen) atoms. The molecule has 0 saturated carbocycles. The molecule has 0 saturated heterocycles. The molecule has 1 unspecified atom stereocenters. The van der Waals surface area contributed by atoms with Crippen LogP contribution in [0.2, 0.25) is 5.02 Å². The minimum atomic E-state index is -0.0700. The van der Waals surface area contributed by atoms with Gasteiger partial charge < -0.3 is 5.73 Å². The smallest absolute Gasteiger partial charge is 0.0850 e. The Labute approximate surface area is 138 Å². The third-order valence-electron chi connectivity index (χ3n) is 3.54. The summed E-state index contributed by atoms with van der Waals surface area (Å²) in [6, 6.07) is 6.17. The predicted molar refractivity (Wildman–Crippen MR) is 92.1 cm³/mol. The van der Waals surface area contributed by atoms with Gasteiger partial charge in [-0.25, -0.2) is 0 Å². The van der Waals surface area contributed by atoms with Crippen LogP contribution in [0.25, 0.3) is 0 Å². The van der Waals surface area contributed by atoms with Gasteiger partial charge in [0.25, 0.3) is 0 Å². The highest BCUT2D eigenvalue weighted by Crippen LogP contribution is 2.28. The Morgan fingerprint density at radius 2 is 2.15 bits per heavy atom. The molecule has 0 radical (unpaired) electrons. The quantitative estimate of drug-likeness (QED) is 0.789. The zero-order chi connectivity index (χ0) is 14.9. The van der Waals surface area contributed by atoms with E-state index in [0.717, 1.165) is 22.8 Å². The molecule has 1 aromatic carbocycles. The van der Waals surface area contributed by atoms with E-state index in [2.05, 4.69) is 59.7 Å². The number of rotatable bonds is 4. The van der Waals surface area contributed by atoms with Gasteiger partial charge in [-0.2, -0.15) is 5.10 Å². The Morgan fingerprint density at radius 3 is 2.75 bits per heavy atom. The van der Waals surface area contributed by atoms with Gasteiger partial charge in [-0.3, -0.25) is 4.68 Å². The molecule has 2 aromatic rings. The van der Waals surface area contributed by atoms with Crippen LogP contribution in [0.5, 0.6) is 0 Å². The molecule has 1 aromatic heterocycles. The standard InChI is InChI=1S/C15H19ClIN3/c1-4-12-14(16)13(20(3)19-12)8-11(18)10-7-5-6-9(2)15(10)17/h5-7,11H,4,8,18H2,1-3H3. The molecule has 1 heterocycles. The van der Waals surface area contributed by atoms with Crippen LogP contribution in [0.4, 0.5) is 0 Å². The highest BCUT2D eigenvalue weighted by atomic mass is 127. The number of halogens is 2. The highest BCUT2D eigenvalue weighted by Gasteiger charge is 2.18. The number of hydrogen-bond acceptors (Lipinski definition) is 2. The molecule has 0 aliphatic carbocycles. The van der Waals surface area contributed by atoms with Gasteiger partial charge in [0.15, 0.2) is 0 Å². The van der Waals surface area contributed by atoms with E-state index in [4.69, 9.17) is 17.3 Å². The molecule has 0 amide bonds. The third kappa shape index (κ3) is 3.02. The second kappa shape index (κ2) is 6.45. The maximum Gasteiger partial charge on any atom is 0.0850 e. The van der Waals surface area contributed by atoms with Crippen molar-refractivity contribution in [3.8, 4) is 0 Å². The van der Waals surface area contributed by atoms with E-state index >= 15 is 0 Å². The fourth-order valence-electron chi connectivity index (χ4n) is 2.32. The van der Waals surface area contributed by atoms with Crippen molar-refractivity contribution in [1.82, 2.24) is 9.78 Å². The molecule has 108 valence electrons. The van der Waals surface area contributed by atoms with Crippen LogP contribution in [-0.2, 0) is 19.9 Å². The second-order valence-electron chi connectivity index (χ2n) is 4.97. The van der Waals surface area contributed by atoms with Crippen molar-refractivity contribution in [1.29, 1.82) is 0 Å². The van der Waals surface area contributed by atoms with Crippen LogP contribution < -0.4 is 5.73 Å². The van der Waals surface area contributed by atoms with Crippen molar-refractivity contribution >= 4 is 34.2 Å². The van der Waals surface area contributed by atoms with Crippen LogP contribution in [0, 0.1) is 10.5 Å². The molecule has 3 nitrogen and oxygen atoms in total. The summed E-state index contributed by atoms with van der Waals surface area (Å²) in [6.45, 7) is 4.16. The molecule has 0 aliphatic heterocycles. The summed E-state index contributed by atoms with van der Waals surface area (Å²) in [7, 11) is 1.92. The lowest BCUT2D eigenvalue weighted by molar-refractivity contribution is 0.636. The fourth-order valence-corrected chi connectivity index (χ4v) is 3.45. The summed E-state index contributed by atoms with van der Waals surface area (Å²) in [5.41, 5.74) is 10.7. The van der Waals surface area contributed by atoms with E-state index in [0.29, 0.717) is 6.42 Å². The molecule has 0 aliphatic rings. The zero-order valence-corrected chi connectivity index (χ0v) is 14.9. The number of aryl methyl sites for hydroxylation is 3. The van der Waals surface area contributed by atoms with E-state index in [-0.39, 0.29) is 6.04 Å². The minimum absolute atomic E-state index is 0.0700. The van der Waals surface area contributed by atoms with Crippen molar-refractivity contribution in [2.24, 2.45) is 12.8 Å². The van der Waals surface area contributed by atoms with Gasteiger partial charge in [-0.1, -0.05) is 36.7 Å². The van der Waals surface area contributed by atoms with Crippen molar-refractivity contribution in [3.05, 3.63) is 49.3 Å². The van der Waals surface area contributed by atoms with Gasteiger partial charge in [0.1, 0.15) is 0 Å². The molecule has 2 rings (SSSR count). The maximum atomic E-state index is 6.39. The number of benzene rings is 1. The normalized spacial score (nSPS) is 12.7. The van der Waals surface area contributed by atoms with Gasteiger partial charge in [-0.15, -0.1) is 0 Å². The van der Waals surface area contributed by atoms with Gasteiger partial charge in [0.05, 0.1) is 16.4 Å². The number of nitrogens with two attached hydrogens (primary N) is 1.